The highest BCUT2D eigenvalue weighted by Crippen LogP contribution is 2.35. The lowest BCUT2D eigenvalue weighted by Crippen LogP contribution is -2.35. The zero-order chi connectivity index (χ0) is 17.0. The first-order valence-corrected chi connectivity index (χ1v) is 8.05. The van der Waals surface area contributed by atoms with Gasteiger partial charge in [0, 0.05) is 23.8 Å². The quantitative estimate of drug-likeness (QED) is 0.858. The van der Waals surface area contributed by atoms with Crippen LogP contribution in [-0.4, -0.2) is 29.9 Å². The van der Waals surface area contributed by atoms with Crippen molar-refractivity contribution in [3.63, 3.8) is 0 Å². The molecular weight excluding hydrogens is 325 g/mol. The summed E-state index contributed by atoms with van der Waals surface area (Å²) in [5, 5.41) is 0.441. The Bertz CT molecular complexity index is 766. The van der Waals surface area contributed by atoms with E-state index in [2.05, 4.69) is 0 Å². The van der Waals surface area contributed by atoms with E-state index in [4.69, 9.17) is 5.73 Å². The Balaban J connectivity index is 1.90. The molecule has 0 spiro atoms. The minimum absolute atomic E-state index is 0.0994. The number of alkyl halides is 3. The number of hydrogen-bond acceptors (Lipinski definition) is 3. The number of hydrogen-bond donors (Lipinski definition) is 1. The molecule has 3 rings (SSSR count). The van der Waals surface area contributed by atoms with Crippen LogP contribution in [0.2, 0.25) is 0 Å². The molecule has 1 aliphatic rings. The van der Waals surface area contributed by atoms with E-state index in [1.165, 1.54) is 23.5 Å². The van der Waals surface area contributed by atoms with Crippen LogP contribution >= 0.6 is 11.3 Å². The van der Waals surface area contributed by atoms with E-state index in [0.717, 1.165) is 12.1 Å². The van der Waals surface area contributed by atoms with Gasteiger partial charge in [0.1, 0.15) is 0 Å². The molecule has 2 heterocycles. The maximum Gasteiger partial charge on any atom is 0.416 e. The second kappa shape index (κ2) is 5.21. The molecule has 0 radical (unpaired) electrons. The zero-order valence-corrected chi connectivity index (χ0v) is 13.6. The summed E-state index contributed by atoms with van der Waals surface area (Å²) in [5.74, 6) is -0.166. The number of likely N-dealkylation sites (tertiary alicyclic amines) is 1. The molecule has 23 heavy (non-hydrogen) atoms. The summed E-state index contributed by atoms with van der Waals surface area (Å²) in [6, 6.07) is 4.98. The number of carbonyl (C=O) groups excluding carboxylic acids is 1. The number of nitrogens with two attached hydrogens (primary N) is 1. The molecule has 2 aromatic rings. The summed E-state index contributed by atoms with van der Waals surface area (Å²) < 4.78 is 39.0. The van der Waals surface area contributed by atoms with Crippen LogP contribution < -0.4 is 5.73 Å². The van der Waals surface area contributed by atoms with Crippen molar-refractivity contribution in [3.8, 4) is 0 Å². The number of thiophene rings is 1. The Kier molecular flexibility index (Phi) is 3.68. The van der Waals surface area contributed by atoms with Gasteiger partial charge < -0.3 is 10.6 Å². The van der Waals surface area contributed by atoms with Gasteiger partial charge in [0.2, 0.25) is 0 Å². The molecule has 0 bridgehead atoms. The standard InChI is InChI=1S/C16H17F3N2OS/c1-15(2)8-21(7-13(15)20)14(22)12-6-9-5-10(16(17,18)19)3-4-11(9)23-12/h3-6,13H,7-8,20H2,1-2H3. The van der Waals surface area contributed by atoms with Gasteiger partial charge in [0.05, 0.1) is 10.4 Å². The van der Waals surface area contributed by atoms with Gasteiger partial charge >= 0.3 is 6.18 Å². The number of halogens is 3. The Hall–Kier alpha value is -1.60. The monoisotopic (exact) mass is 342 g/mol. The highest BCUT2D eigenvalue weighted by Gasteiger charge is 2.39. The van der Waals surface area contributed by atoms with Crippen molar-refractivity contribution in [2.75, 3.05) is 13.1 Å². The summed E-state index contributed by atoms with van der Waals surface area (Å²) in [6.45, 7) is 5.03. The highest BCUT2D eigenvalue weighted by atomic mass is 32.1. The van der Waals surface area contributed by atoms with Crippen molar-refractivity contribution in [3.05, 3.63) is 34.7 Å². The molecule has 1 aromatic carbocycles. The fraction of sp³-hybridized carbons (Fsp3) is 0.438. The van der Waals surface area contributed by atoms with Gasteiger partial charge in [-0.3, -0.25) is 4.79 Å². The third-order valence-electron chi connectivity index (χ3n) is 4.36. The van der Waals surface area contributed by atoms with E-state index < -0.39 is 11.7 Å². The van der Waals surface area contributed by atoms with E-state index in [1.54, 1.807) is 4.90 Å². The number of benzene rings is 1. The second-order valence-corrected chi connectivity index (χ2v) is 7.73. The summed E-state index contributed by atoms with van der Waals surface area (Å²) in [5.41, 5.74) is 5.19. The first-order valence-electron chi connectivity index (χ1n) is 7.23. The molecule has 3 nitrogen and oxygen atoms in total. The summed E-state index contributed by atoms with van der Waals surface area (Å²) >= 11 is 1.21. The average Bonchev–Trinajstić information content (AvgIpc) is 2.97. The molecule has 0 saturated carbocycles. The normalized spacial score (nSPS) is 21.1. The van der Waals surface area contributed by atoms with Crippen LogP contribution in [0.3, 0.4) is 0 Å². The fourth-order valence-electron chi connectivity index (χ4n) is 2.79. The minimum atomic E-state index is -4.38. The number of fused-ring (bicyclic) bond motifs is 1. The van der Waals surface area contributed by atoms with Crippen LogP contribution in [0.25, 0.3) is 10.1 Å². The van der Waals surface area contributed by atoms with Crippen LogP contribution in [0, 0.1) is 5.41 Å². The predicted octanol–water partition coefficient (Wildman–Crippen LogP) is 3.73. The minimum Gasteiger partial charge on any atom is -0.336 e. The zero-order valence-electron chi connectivity index (χ0n) is 12.8. The van der Waals surface area contributed by atoms with Crippen molar-refractivity contribution in [1.82, 2.24) is 4.90 Å². The van der Waals surface area contributed by atoms with Crippen LogP contribution in [0.1, 0.15) is 29.1 Å². The van der Waals surface area contributed by atoms with Crippen molar-refractivity contribution in [2.45, 2.75) is 26.1 Å². The SMILES string of the molecule is CC1(C)CN(C(=O)c2cc3cc(C(F)(F)F)ccc3s2)CC1N. The molecule has 1 unspecified atom stereocenters. The number of amides is 1. The fourth-order valence-corrected chi connectivity index (χ4v) is 3.80. The lowest BCUT2D eigenvalue weighted by molar-refractivity contribution is -0.137. The largest absolute Gasteiger partial charge is 0.416 e. The van der Waals surface area contributed by atoms with Crippen molar-refractivity contribution in [1.29, 1.82) is 0 Å². The van der Waals surface area contributed by atoms with Crippen molar-refractivity contribution < 1.29 is 18.0 Å². The van der Waals surface area contributed by atoms with Crippen LogP contribution in [0.4, 0.5) is 13.2 Å². The van der Waals surface area contributed by atoms with Gasteiger partial charge in [0.15, 0.2) is 0 Å². The average molecular weight is 342 g/mol. The Morgan fingerprint density at radius 1 is 1.35 bits per heavy atom. The maximum atomic E-state index is 12.8. The van der Waals surface area contributed by atoms with E-state index in [9.17, 15) is 18.0 Å². The van der Waals surface area contributed by atoms with Crippen LogP contribution in [-0.2, 0) is 6.18 Å². The summed E-state index contributed by atoms with van der Waals surface area (Å²) in [4.78, 5) is 14.7. The van der Waals surface area contributed by atoms with E-state index in [1.807, 2.05) is 13.8 Å². The maximum absolute atomic E-state index is 12.8. The number of carbonyl (C=O) groups is 1. The molecule has 2 N–H and O–H groups in total. The molecule has 7 heteroatoms. The predicted molar refractivity (Wildman–Crippen MR) is 84.5 cm³/mol. The molecule has 1 atom stereocenters. The van der Waals surface area contributed by atoms with Crippen molar-refractivity contribution in [2.24, 2.45) is 11.1 Å². The molecule has 1 fully saturated rings. The van der Waals surface area contributed by atoms with E-state index >= 15 is 0 Å². The molecule has 1 amide bonds. The van der Waals surface area contributed by atoms with Crippen LogP contribution in [0.15, 0.2) is 24.3 Å². The molecule has 1 aromatic heterocycles. The van der Waals surface area contributed by atoms with E-state index in [0.29, 0.717) is 28.1 Å². The lowest BCUT2D eigenvalue weighted by atomic mass is 9.89. The summed E-state index contributed by atoms with van der Waals surface area (Å²) in [6.07, 6.45) is -4.38. The first kappa shape index (κ1) is 16.3. The van der Waals surface area contributed by atoms with Gasteiger partial charge in [-0.25, -0.2) is 0 Å². The van der Waals surface area contributed by atoms with Crippen LogP contribution in [0.5, 0.6) is 0 Å². The molecule has 1 saturated heterocycles. The van der Waals surface area contributed by atoms with Gasteiger partial charge in [-0.05, 0) is 35.1 Å². The highest BCUT2D eigenvalue weighted by molar-refractivity contribution is 7.20. The molecule has 0 aliphatic carbocycles. The number of rotatable bonds is 1. The van der Waals surface area contributed by atoms with Crippen molar-refractivity contribution >= 4 is 27.3 Å². The Morgan fingerprint density at radius 3 is 2.61 bits per heavy atom. The third-order valence-corrected chi connectivity index (χ3v) is 5.46. The summed E-state index contributed by atoms with van der Waals surface area (Å²) in [7, 11) is 0. The molecule has 124 valence electrons. The lowest BCUT2D eigenvalue weighted by Gasteiger charge is -2.21. The Labute approximate surface area is 135 Å². The number of nitrogens with zero attached hydrogens (tertiary/aromatic N) is 1. The second-order valence-electron chi connectivity index (χ2n) is 6.64. The molecule has 1 aliphatic heterocycles. The first-order chi connectivity index (χ1) is 10.6. The van der Waals surface area contributed by atoms with Gasteiger partial charge in [-0.15, -0.1) is 11.3 Å². The molecular formula is C16H17F3N2OS. The van der Waals surface area contributed by atoms with Gasteiger partial charge in [0.25, 0.3) is 5.91 Å². The third kappa shape index (κ3) is 2.95. The van der Waals surface area contributed by atoms with Gasteiger partial charge in [-0.1, -0.05) is 13.8 Å². The topological polar surface area (TPSA) is 46.3 Å². The van der Waals surface area contributed by atoms with E-state index in [-0.39, 0.29) is 17.4 Å². The van der Waals surface area contributed by atoms with Gasteiger partial charge in [-0.2, -0.15) is 13.2 Å². The Morgan fingerprint density at radius 2 is 2.04 bits per heavy atom. The smallest absolute Gasteiger partial charge is 0.336 e.